The molecular formula is C15H21IN4. The average Bonchev–Trinajstić information content (AvgIpc) is 3.17. The highest BCUT2D eigenvalue weighted by atomic mass is 127. The normalized spacial score (nSPS) is 14.9. The summed E-state index contributed by atoms with van der Waals surface area (Å²) in [4.78, 5) is 7.64. The number of benzene rings is 1. The number of rotatable bonds is 4. The highest BCUT2D eigenvalue weighted by molar-refractivity contribution is 14.0. The number of aliphatic imine (C=N–C) groups is 1. The van der Waals surface area contributed by atoms with E-state index in [0.717, 1.165) is 25.0 Å². The molecule has 1 aromatic heterocycles. The molecule has 0 atom stereocenters. The van der Waals surface area contributed by atoms with E-state index in [0.29, 0.717) is 0 Å². The van der Waals surface area contributed by atoms with Crippen molar-refractivity contribution in [2.75, 3.05) is 13.6 Å². The van der Waals surface area contributed by atoms with Gasteiger partial charge in [-0.2, -0.15) is 0 Å². The van der Waals surface area contributed by atoms with Gasteiger partial charge in [-0.05, 0) is 36.3 Å². The van der Waals surface area contributed by atoms with Crippen LogP contribution in [0.5, 0.6) is 0 Å². The maximum atomic E-state index is 4.24. The van der Waals surface area contributed by atoms with Crippen molar-refractivity contribution in [1.82, 2.24) is 15.6 Å². The van der Waals surface area contributed by atoms with Crippen molar-refractivity contribution in [3.05, 3.63) is 36.0 Å². The Balaban J connectivity index is 0.00000147. The van der Waals surface area contributed by atoms with E-state index in [1.165, 1.54) is 29.4 Å². The van der Waals surface area contributed by atoms with Crippen molar-refractivity contribution in [2.45, 2.75) is 19.4 Å². The number of hydrogen-bond donors (Lipinski definition) is 3. The summed E-state index contributed by atoms with van der Waals surface area (Å²) in [5, 5.41) is 7.95. The summed E-state index contributed by atoms with van der Waals surface area (Å²) in [6.07, 6.45) is 2.71. The molecule has 0 amide bonds. The van der Waals surface area contributed by atoms with Crippen LogP contribution in [0.4, 0.5) is 0 Å². The number of nitrogens with zero attached hydrogens (tertiary/aromatic N) is 1. The van der Waals surface area contributed by atoms with Crippen LogP contribution in [-0.4, -0.2) is 24.5 Å². The van der Waals surface area contributed by atoms with Crippen LogP contribution in [0.15, 0.2) is 35.3 Å². The summed E-state index contributed by atoms with van der Waals surface area (Å²) in [6, 6.07) is 10.5. The summed E-state index contributed by atoms with van der Waals surface area (Å²) in [6.45, 7) is 1.80. The molecule has 0 radical (unpaired) electrons. The Morgan fingerprint density at radius 3 is 2.80 bits per heavy atom. The molecule has 0 aliphatic heterocycles. The summed E-state index contributed by atoms with van der Waals surface area (Å²) >= 11 is 0. The number of halogens is 1. The Bertz CT molecular complexity index is 553. The zero-order valence-electron chi connectivity index (χ0n) is 11.6. The fourth-order valence-corrected chi connectivity index (χ4v) is 2.19. The predicted octanol–water partition coefficient (Wildman–Crippen LogP) is 2.86. The van der Waals surface area contributed by atoms with Gasteiger partial charge in [-0.1, -0.05) is 18.2 Å². The van der Waals surface area contributed by atoms with Crippen LogP contribution < -0.4 is 10.6 Å². The van der Waals surface area contributed by atoms with Crippen molar-refractivity contribution in [2.24, 2.45) is 10.9 Å². The van der Waals surface area contributed by atoms with E-state index in [-0.39, 0.29) is 24.0 Å². The Hall–Kier alpha value is -1.24. The van der Waals surface area contributed by atoms with Gasteiger partial charge in [-0.3, -0.25) is 4.99 Å². The van der Waals surface area contributed by atoms with Gasteiger partial charge >= 0.3 is 0 Å². The van der Waals surface area contributed by atoms with Crippen LogP contribution in [0.1, 0.15) is 18.5 Å². The van der Waals surface area contributed by atoms with Gasteiger partial charge in [0.25, 0.3) is 0 Å². The number of para-hydroxylation sites is 1. The molecular weight excluding hydrogens is 363 g/mol. The molecule has 3 rings (SSSR count). The van der Waals surface area contributed by atoms with Gasteiger partial charge in [0.15, 0.2) is 5.96 Å². The molecule has 2 aromatic rings. The van der Waals surface area contributed by atoms with Crippen LogP contribution in [0.3, 0.4) is 0 Å². The largest absolute Gasteiger partial charge is 0.357 e. The van der Waals surface area contributed by atoms with Crippen molar-refractivity contribution >= 4 is 40.8 Å². The fourth-order valence-electron chi connectivity index (χ4n) is 2.19. The molecule has 0 spiro atoms. The standard InChI is InChI=1S/C15H20N4.HI/c1-16-15(17-9-11-6-7-11)18-10-13-8-12-4-2-3-5-14(12)19-13;/h2-5,8,11,19H,6-7,9-10H2,1H3,(H2,16,17,18);1H. The number of aromatic nitrogens is 1. The van der Waals surface area contributed by atoms with Crippen LogP contribution in [0, 0.1) is 5.92 Å². The molecule has 0 bridgehead atoms. The van der Waals surface area contributed by atoms with E-state index in [1.807, 2.05) is 13.1 Å². The Labute approximate surface area is 136 Å². The molecule has 5 heteroatoms. The summed E-state index contributed by atoms with van der Waals surface area (Å²) < 4.78 is 0. The highest BCUT2D eigenvalue weighted by Gasteiger charge is 2.20. The molecule has 108 valence electrons. The maximum Gasteiger partial charge on any atom is 0.191 e. The predicted molar refractivity (Wildman–Crippen MR) is 94.6 cm³/mol. The lowest BCUT2D eigenvalue weighted by molar-refractivity contribution is 0.734. The van der Waals surface area contributed by atoms with E-state index < -0.39 is 0 Å². The molecule has 20 heavy (non-hydrogen) atoms. The van der Waals surface area contributed by atoms with E-state index in [2.05, 4.69) is 44.9 Å². The van der Waals surface area contributed by atoms with Crippen molar-refractivity contribution in [3.63, 3.8) is 0 Å². The van der Waals surface area contributed by atoms with Gasteiger partial charge in [0.2, 0.25) is 0 Å². The van der Waals surface area contributed by atoms with Crippen molar-refractivity contribution in [3.8, 4) is 0 Å². The second-order valence-corrected chi connectivity index (χ2v) is 5.13. The molecule has 1 aromatic carbocycles. The van der Waals surface area contributed by atoms with E-state index in [1.54, 1.807) is 0 Å². The van der Waals surface area contributed by atoms with Crippen LogP contribution in [0.2, 0.25) is 0 Å². The molecule has 0 unspecified atom stereocenters. The quantitative estimate of drug-likeness (QED) is 0.432. The number of fused-ring (bicyclic) bond motifs is 1. The minimum absolute atomic E-state index is 0. The smallest absolute Gasteiger partial charge is 0.191 e. The van der Waals surface area contributed by atoms with Gasteiger partial charge in [-0.15, -0.1) is 24.0 Å². The molecule has 1 saturated carbocycles. The molecule has 1 aliphatic carbocycles. The topological polar surface area (TPSA) is 52.2 Å². The third-order valence-electron chi connectivity index (χ3n) is 3.51. The molecule has 1 fully saturated rings. The van der Waals surface area contributed by atoms with Crippen LogP contribution >= 0.6 is 24.0 Å². The lowest BCUT2D eigenvalue weighted by atomic mass is 10.2. The summed E-state index contributed by atoms with van der Waals surface area (Å²) in [7, 11) is 1.81. The lowest BCUT2D eigenvalue weighted by Gasteiger charge is -2.10. The maximum absolute atomic E-state index is 4.24. The first-order chi connectivity index (χ1) is 9.35. The number of guanidine groups is 1. The molecule has 0 saturated heterocycles. The highest BCUT2D eigenvalue weighted by Crippen LogP contribution is 2.27. The van der Waals surface area contributed by atoms with Crippen molar-refractivity contribution < 1.29 is 0 Å². The zero-order chi connectivity index (χ0) is 13.1. The second kappa shape index (κ2) is 6.97. The Morgan fingerprint density at radius 1 is 1.30 bits per heavy atom. The zero-order valence-corrected chi connectivity index (χ0v) is 14.0. The minimum atomic E-state index is 0. The van der Waals surface area contributed by atoms with Crippen LogP contribution in [0.25, 0.3) is 10.9 Å². The van der Waals surface area contributed by atoms with E-state index in [9.17, 15) is 0 Å². The monoisotopic (exact) mass is 384 g/mol. The SMILES string of the molecule is CN=C(NCc1cc2ccccc2[nH]1)NCC1CC1.I. The summed E-state index contributed by atoms with van der Waals surface area (Å²) in [5.41, 5.74) is 2.36. The van der Waals surface area contributed by atoms with Gasteiger partial charge in [0.05, 0.1) is 6.54 Å². The first kappa shape index (κ1) is 15.2. The third-order valence-corrected chi connectivity index (χ3v) is 3.51. The molecule has 1 heterocycles. The number of nitrogens with one attached hydrogen (secondary N) is 3. The number of aromatic amines is 1. The Kier molecular flexibility index (Phi) is 5.28. The van der Waals surface area contributed by atoms with E-state index >= 15 is 0 Å². The minimum Gasteiger partial charge on any atom is -0.357 e. The molecule has 1 aliphatic rings. The Morgan fingerprint density at radius 2 is 2.10 bits per heavy atom. The first-order valence-electron chi connectivity index (χ1n) is 6.86. The number of hydrogen-bond acceptors (Lipinski definition) is 1. The molecule has 3 N–H and O–H groups in total. The van der Waals surface area contributed by atoms with Gasteiger partial charge in [-0.25, -0.2) is 0 Å². The number of H-pyrrole nitrogens is 1. The van der Waals surface area contributed by atoms with Crippen molar-refractivity contribution in [1.29, 1.82) is 0 Å². The second-order valence-electron chi connectivity index (χ2n) is 5.13. The fraction of sp³-hybridized carbons (Fsp3) is 0.400. The first-order valence-corrected chi connectivity index (χ1v) is 6.86. The van der Waals surface area contributed by atoms with Gasteiger partial charge < -0.3 is 15.6 Å². The molecule has 4 nitrogen and oxygen atoms in total. The average molecular weight is 384 g/mol. The van der Waals surface area contributed by atoms with Gasteiger partial charge in [0, 0.05) is 24.8 Å². The van der Waals surface area contributed by atoms with Gasteiger partial charge in [0.1, 0.15) is 0 Å². The van der Waals surface area contributed by atoms with E-state index in [4.69, 9.17) is 0 Å². The lowest BCUT2D eigenvalue weighted by Crippen LogP contribution is -2.37. The van der Waals surface area contributed by atoms with Crippen LogP contribution in [-0.2, 0) is 6.54 Å². The summed E-state index contributed by atoms with van der Waals surface area (Å²) in [5.74, 6) is 1.73. The third kappa shape index (κ3) is 3.88.